The van der Waals surface area contributed by atoms with Crippen LogP contribution in [-0.2, 0) is 25.4 Å². The standard InChI is InChI=1S/C27H32N2O7/c1-27(2,3)36-26(32)29-21(15-18-9-6-5-7-10-18)24(30)28-20-11-12-22-19(16-20)17-23(35-22)25(31)34-14-8-13-33-4/h5-7,9-12,16-17,21H,8,13-15H2,1-4H3,(H,28,30)(H,29,32)/t21-/m0/s1. The number of hydrogen-bond acceptors (Lipinski definition) is 7. The summed E-state index contributed by atoms with van der Waals surface area (Å²) in [6.07, 6.45) is 0.177. The van der Waals surface area contributed by atoms with Crippen molar-refractivity contribution < 1.29 is 33.0 Å². The first-order chi connectivity index (χ1) is 17.1. The average Bonchev–Trinajstić information content (AvgIpc) is 3.24. The summed E-state index contributed by atoms with van der Waals surface area (Å²) in [7, 11) is 1.58. The van der Waals surface area contributed by atoms with Gasteiger partial charge in [0.2, 0.25) is 11.7 Å². The van der Waals surface area contributed by atoms with E-state index in [9.17, 15) is 14.4 Å². The molecule has 0 radical (unpaired) electrons. The second kappa shape index (κ2) is 12.2. The Labute approximate surface area is 210 Å². The molecule has 2 N–H and O–H groups in total. The normalized spacial score (nSPS) is 12.1. The number of amides is 2. The molecule has 0 aliphatic carbocycles. The molecule has 0 bridgehead atoms. The molecule has 0 saturated carbocycles. The molecule has 0 saturated heterocycles. The first kappa shape index (κ1) is 26.7. The molecule has 0 unspecified atom stereocenters. The van der Waals surface area contributed by atoms with Crippen molar-refractivity contribution in [2.24, 2.45) is 0 Å². The summed E-state index contributed by atoms with van der Waals surface area (Å²) < 4.78 is 21.0. The molecule has 9 nitrogen and oxygen atoms in total. The summed E-state index contributed by atoms with van der Waals surface area (Å²) in [5.74, 6) is -0.915. The van der Waals surface area contributed by atoms with Crippen molar-refractivity contribution in [3.8, 4) is 0 Å². The van der Waals surface area contributed by atoms with Gasteiger partial charge in [-0.2, -0.15) is 0 Å². The third kappa shape index (κ3) is 8.13. The predicted octanol–water partition coefficient (Wildman–Crippen LogP) is 4.70. The number of nitrogens with one attached hydrogen (secondary N) is 2. The van der Waals surface area contributed by atoms with E-state index < -0.39 is 29.6 Å². The molecule has 0 aliphatic heterocycles. The summed E-state index contributed by atoms with van der Waals surface area (Å²) in [5, 5.41) is 6.12. The van der Waals surface area contributed by atoms with E-state index in [0.29, 0.717) is 29.7 Å². The van der Waals surface area contributed by atoms with Crippen LogP contribution in [-0.4, -0.2) is 49.9 Å². The van der Waals surface area contributed by atoms with Gasteiger partial charge in [-0.15, -0.1) is 0 Å². The molecular weight excluding hydrogens is 464 g/mol. The lowest BCUT2D eigenvalue weighted by molar-refractivity contribution is -0.118. The van der Waals surface area contributed by atoms with Crippen molar-refractivity contribution in [1.82, 2.24) is 5.32 Å². The Morgan fingerprint density at radius 3 is 2.44 bits per heavy atom. The fraction of sp³-hybridized carbons (Fsp3) is 0.370. The lowest BCUT2D eigenvalue weighted by atomic mass is 10.1. The van der Waals surface area contributed by atoms with Crippen LogP contribution >= 0.6 is 0 Å². The average molecular weight is 497 g/mol. The highest BCUT2D eigenvalue weighted by atomic mass is 16.6. The number of fused-ring (bicyclic) bond motifs is 1. The van der Waals surface area contributed by atoms with Crippen molar-refractivity contribution >= 4 is 34.6 Å². The van der Waals surface area contributed by atoms with E-state index in [1.807, 2.05) is 30.3 Å². The highest BCUT2D eigenvalue weighted by Gasteiger charge is 2.25. The maximum atomic E-state index is 13.1. The predicted molar refractivity (Wildman–Crippen MR) is 135 cm³/mol. The van der Waals surface area contributed by atoms with Gasteiger partial charge in [0.25, 0.3) is 0 Å². The van der Waals surface area contributed by atoms with E-state index in [1.54, 1.807) is 52.1 Å². The highest BCUT2D eigenvalue weighted by molar-refractivity contribution is 5.99. The maximum absolute atomic E-state index is 13.1. The number of esters is 1. The van der Waals surface area contributed by atoms with Crippen molar-refractivity contribution in [3.05, 3.63) is 65.9 Å². The molecule has 0 spiro atoms. The van der Waals surface area contributed by atoms with Gasteiger partial charge in [-0.1, -0.05) is 30.3 Å². The van der Waals surface area contributed by atoms with Gasteiger partial charge in [0.1, 0.15) is 17.2 Å². The molecule has 1 heterocycles. The molecule has 1 atom stereocenters. The van der Waals surface area contributed by atoms with Crippen molar-refractivity contribution in [2.75, 3.05) is 25.6 Å². The zero-order chi connectivity index (χ0) is 26.1. The number of furan rings is 1. The van der Waals surface area contributed by atoms with Gasteiger partial charge >= 0.3 is 12.1 Å². The molecule has 36 heavy (non-hydrogen) atoms. The number of hydrogen-bond donors (Lipinski definition) is 2. The zero-order valence-electron chi connectivity index (χ0n) is 21.0. The van der Waals surface area contributed by atoms with Crippen LogP contribution in [0, 0.1) is 0 Å². The largest absolute Gasteiger partial charge is 0.460 e. The second-order valence-corrected chi connectivity index (χ2v) is 9.22. The minimum Gasteiger partial charge on any atom is -0.460 e. The third-order valence-corrected chi connectivity index (χ3v) is 5.00. The highest BCUT2D eigenvalue weighted by Crippen LogP contribution is 2.24. The Balaban J connectivity index is 1.71. The number of anilines is 1. The Morgan fingerprint density at radius 2 is 1.75 bits per heavy atom. The molecule has 0 aliphatic rings. The summed E-state index contributed by atoms with van der Waals surface area (Å²) in [6.45, 7) is 5.97. The van der Waals surface area contributed by atoms with Gasteiger partial charge in [0, 0.05) is 37.6 Å². The minimum absolute atomic E-state index is 0.0689. The number of rotatable bonds is 10. The Hall–Kier alpha value is -3.85. The number of carbonyl (C=O) groups is 3. The fourth-order valence-corrected chi connectivity index (χ4v) is 3.40. The number of benzene rings is 2. The van der Waals surface area contributed by atoms with E-state index in [1.165, 1.54) is 0 Å². The molecule has 0 fully saturated rings. The number of methoxy groups -OCH3 is 1. The summed E-state index contributed by atoms with van der Waals surface area (Å²) in [4.78, 5) is 37.8. The first-order valence-electron chi connectivity index (χ1n) is 11.7. The van der Waals surface area contributed by atoms with Gasteiger partial charge in [0.15, 0.2) is 0 Å². The van der Waals surface area contributed by atoms with Gasteiger partial charge in [-0.25, -0.2) is 9.59 Å². The summed E-state index contributed by atoms with van der Waals surface area (Å²) in [5.41, 5.74) is 1.14. The van der Waals surface area contributed by atoms with E-state index in [0.717, 1.165) is 5.56 Å². The van der Waals surface area contributed by atoms with Gasteiger partial charge in [-0.05, 0) is 50.6 Å². The van der Waals surface area contributed by atoms with Crippen molar-refractivity contribution in [3.63, 3.8) is 0 Å². The third-order valence-electron chi connectivity index (χ3n) is 5.00. The van der Waals surface area contributed by atoms with Crippen LogP contribution in [0.15, 0.2) is 59.0 Å². The zero-order valence-corrected chi connectivity index (χ0v) is 21.0. The second-order valence-electron chi connectivity index (χ2n) is 9.22. The molecule has 3 rings (SSSR count). The van der Waals surface area contributed by atoms with Crippen LogP contribution in [0.2, 0.25) is 0 Å². The smallest absolute Gasteiger partial charge is 0.408 e. The number of alkyl carbamates (subject to hydrolysis) is 1. The Morgan fingerprint density at radius 1 is 1.00 bits per heavy atom. The van der Waals surface area contributed by atoms with Crippen LogP contribution < -0.4 is 10.6 Å². The topological polar surface area (TPSA) is 116 Å². The summed E-state index contributed by atoms with van der Waals surface area (Å²) in [6, 6.07) is 15.0. The van der Waals surface area contributed by atoms with Crippen LogP contribution in [0.25, 0.3) is 11.0 Å². The SMILES string of the molecule is COCCCOC(=O)c1cc2cc(NC(=O)[C@H](Cc3ccccc3)NC(=O)OC(C)(C)C)ccc2o1. The van der Waals surface area contributed by atoms with Gasteiger partial charge in [-0.3, -0.25) is 4.79 Å². The fourth-order valence-electron chi connectivity index (χ4n) is 3.40. The maximum Gasteiger partial charge on any atom is 0.408 e. The molecule has 9 heteroatoms. The van der Waals surface area contributed by atoms with Gasteiger partial charge in [0.05, 0.1) is 6.61 Å². The van der Waals surface area contributed by atoms with E-state index >= 15 is 0 Å². The molecule has 3 aromatic rings. The van der Waals surface area contributed by atoms with E-state index in [4.69, 9.17) is 18.6 Å². The minimum atomic E-state index is -0.875. The van der Waals surface area contributed by atoms with Crippen LogP contribution in [0.4, 0.5) is 10.5 Å². The number of ether oxygens (including phenoxy) is 3. The lowest BCUT2D eigenvalue weighted by Crippen LogP contribution is -2.47. The molecule has 192 valence electrons. The van der Waals surface area contributed by atoms with Crippen molar-refractivity contribution in [1.29, 1.82) is 0 Å². The summed E-state index contributed by atoms with van der Waals surface area (Å²) >= 11 is 0. The Kier molecular flexibility index (Phi) is 9.08. The first-order valence-corrected chi connectivity index (χ1v) is 11.7. The molecule has 1 aromatic heterocycles. The van der Waals surface area contributed by atoms with E-state index in [2.05, 4.69) is 10.6 Å². The van der Waals surface area contributed by atoms with Crippen LogP contribution in [0.3, 0.4) is 0 Å². The van der Waals surface area contributed by atoms with Crippen LogP contribution in [0.1, 0.15) is 43.3 Å². The Bertz CT molecular complexity index is 1180. The molecular formula is C27H32N2O7. The van der Waals surface area contributed by atoms with E-state index in [-0.39, 0.29) is 18.8 Å². The monoisotopic (exact) mass is 496 g/mol. The van der Waals surface area contributed by atoms with Crippen molar-refractivity contribution in [2.45, 2.75) is 45.3 Å². The lowest BCUT2D eigenvalue weighted by Gasteiger charge is -2.23. The molecule has 2 amide bonds. The quantitative estimate of drug-likeness (QED) is 0.309. The van der Waals surface area contributed by atoms with Gasteiger partial charge < -0.3 is 29.3 Å². The number of carbonyl (C=O) groups excluding carboxylic acids is 3. The van der Waals surface area contributed by atoms with Crippen LogP contribution in [0.5, 0.6) is 0 Å². The molecule has 2 aromatic carbocycles.